The molecule has 5 heteroatoms. The third kappa shape index (κ3) is 3.04. The summed E-state index contributed by atoms with van der Waals surface area (Å²) in [4.78, 5) is 0. The Balaban J connectivity index is 2.72. The van der Waals surface area contributed by atoms with Crippen LogP contribution in [0.2, 0.25) is 0 Å². The standard InChI is InChI=1S/C11H10F2N2O/c12-4-9(6-15)7-16-11-2-1-8(5-14)3-10(11)13/h1-4H,6-7,15H2/b9-4+. The molecule has 1 aromatic rings. The Bertz CT molecular complexity index is 438. The Kier molecular flexibility index (Phi) is 4.42. The summed E-state index contributed by atoms with van der Waals surface area (Å²) in [6.45, 7) is -0.107. The van der Waals surface area contributed by atoms with Crippen LogP contribution in [0.15, 0.2) is 30.1 Å². The highest BCUT2D eigenvalue weighted by molar-refractivity contribution is 5.36. The molecule has 16 heavy (non-hydrogen) atoms. The number of nitrogens with two attached hydrogens (primary N) is 1. The summed E-state index contributed by atoms with van der Waals surface area (Å²) in [6.07, 6.45) is 0.335. The molecular weight excluding hydrogens is 214 g/mol. The lowest BCUT2D eigenvalue weighted by atomic mass is 10.2. The molecule has 0 radical (unpaired) electrons. The quantitative estimate of drug-likeness (QED) is 0.849. The van der Waals surface area contributed by atoms with E-state index in [-0.39, 0.29) is 30.0 Å². The zero-order valence-corrected chi connectivity index (χ0v) is 8.41. The van der Waals surface area contributed by atoms with Crippen molar-refractivity contribution in [1.82, 2.24) is 0 Å². The second-order valence-electron chi connectivity index (χ2n) is 3.02. The van der Waals surface area contributed by atoms with E-state index in [1.807, 2.05) is 0 Å². The monoisotopic (exact) mass is 224 g/mol. The Hall–Kier alpha value is -1.93. The SMILES string of the molecule is N#Cc1ccc(OC/C(=C/F)CN)c(F)c1. The molecule has 0 unspecified atom stereocenters. The van der Waals surface area contributed by atoms with Gasteiger partial charge >= 0.3 is 0 Å². The van der Waals surface area contributed by atoms with Crippen molar-refractivity contribution in [2.24, 2.45) is 5.73 Å². The Morgan fingerprint density at radius 2 is 2.31 bits per heavy atom. The van der Waals surface area contributed by atoms with Gasteiger partial charge in [0.05, 0.1) is 18.0 Å². The average Bonchev–Trinajstić information content (AvgIpc) is 2.32. The fraction of sp³-hybridized carbons (Fsp3) is 0.182. The summed E-state index contributed by atoms with van der Waals surface area (Å²) in [7, 11) is 0. The molecule has 0 saturated carbocycles. The topological polar surface area (TPSA) is 59.0 Å². The maximum absolute atomic E-state index is 13.3. The van der Waals surface area contributed by atoms with Gasteiger partial charge in [-0.25, -0.2) is 8.78 Å². The first-order valence-electron chi connectivity index (χ1n) is 4.52. The van der Waals surface area contributed by atoms with Crippen molar-refractivity contribution in [2.75, 3.05) is 13.2 Å². The molecule has 0 atom stereocenters. The fourth-order valence-electron chi connectivity index (χ4n) is 0.993. The largest absolute Gasteiger partial charge is 0.486 e. The Morgan fingerprint density at radius 1 is 1.56 bits per heavy atom. The molecule has 0 heterocycles. The second-order valence-corrected chi connectivity index (χ2v) is 3.02. The van der Waals surface area contributed by atoms with Crippen LogP contribution in [0.4, 0.5) is 8.78 Å². The molecule has 1 aromatic carbocycles. The first-order valence-corrected chi connectivity index (χ1v) is 4.52. The maximum atomic E-state index is 13.3. The first-order chi connectivity index (χ1) is 7.71. The summed E-state index contributed by atoms with van der Waals surface area (Å²) in [5.74, 6) is -0.693. The molecule has 0 spiro atoms. The van der Waals surface area contributed by atoms with Crippen LogP contribution in [0.25, 0.3) is 0 Å². The van der Waals surface area contributed by atoms with Crippen LogP contribution in [0.1, 0.15) is 5.56 Å². The van der Waals surface area contributed by atoms with Gasteiger partial charge in [-0.2, -0.15) is 5.26 Å². The van der Waals surface area contributed by atoms with E-state index in [0.717, 1.165) is 6.07 Å². The number of benzene rings is 1. The summed E-state index contributed by atoms with van der Waals surface area (Å²) in [5, 5.41) is 8.51. The van der Waals surface area contributed by atoms with Gasteiger partial charge in [0.1, 0.15) is 6.61 Å². The zero-order valence-electron chi connectivity index (χ0n) is 8.41. The van der Waals surface area contributed by atoms with Gasteiger partial charge in [-0.05, 0) is 18.2 Å². The predicted octanol–water partition coefficient (Wildman–Crippen LogP) is 1.89. The van der Waals surface area contributed by atoms with E-state index in [1.54, 1.807) is 6.07 Å². The Morgan fingerprint density at radius 3 is 2.81 bits per heavy atom. The van der Waals surface area contributed by atoms with Crippen molar-refractivity contribution < 1.29 is 13.5 Å². The molecule has 0 bridgehead atoms. The van der Waals surface area contributed by atoms with E-state index in [1.165, 1.54) is 12.1 Å². The highest BCUT2D eigenvalue weighted by Crippen LogP contribution is 2.18. The predicted molar refractivity (Wildman–Crippen MR) is 54.9 cm³/mol. The third-order valence-corrected chi connectivity index (χ3v) is 1.89. The van der Waals surface area contributed by atoms with Gasteiger partial charge in [0.2, 0.25) is 0 Å². The highest BCUT2D eigenvalue weighted by Gasteiger charge is 2.05. The van der Waals surface area contributed by atoms with Gasteiger partial charge in [0.15, 0.2) is 11.6 Å². The molecule has 1 rings (SSSR count). The minimum Gasteiger partial charge on any atom is -0.486 e. The molecule has 2 N–H and O–H groups in total. The number of halogens is 2. The van der Waals surface area contributed by atoms with Crippen LogP contribution in [0, 0.1) is 17.1 Å². The van der Waals surface area contributed by atoms with E-state index < -0.39 is 5.82 Å². The average molecular weight is 224 g/mol. The van der Waals surface area contributed by atoms with E-state index in [2.05, 4.69) is 0 Å². The molecular formula is C11H10F2N2O. The van der Waals surface area contributed by atoms with Crippen molar-refractivity contribution in [1.29, 1.82) is 5.26 Å². The van der Waals surface area contributed by atoms with Crippen molar-refractivity contribution in [3.63, 3.8) is 0 Å². The molecule has 0 amide bonds. The molecule has 0 aliphatic rings. The van der Waals surface area contributed by atoms with Crippen LogP contribution in [0.3, 0.4) is 0 Å². The maximum Gasteiger partial charge on any atom is 0.166 e. The van der Waals surface area contributed by atoms with Crippen LogP contribution in [0.5, 0.6) is 5.75 Å². The number of hydrogen-bond donors (Lipinski definition) is 1. The lowest BCUT2D eigenvalue weighted by Crippen LogP contribution is -2.11. The highest BCUT2D eigenvalue weighted by atomic mass is 19.1. The van der Waals surface area contributed by atoms with Gasteiger partial charge in [0, 0.05) is 12.1 Å². The normalized spacial score (nSPS) is 11.0. The van der Waals surface area contributed by atoms with Gasteiger partial charge in [-0.15, -0.1) is 0 Å². The zero-order chi connectivity index (χ0) is 12.0. The van der Waals surface area contributed by atoms with E-state index in [0.29, 0.717) is 6.33 Å². The summed E-state index contributed by atoms with van der Waals surface area (Å²) in [5.41, 5.74) is 5.63. The number of nitriles is 1. The van der Waals surface area contributed by atoms with Crippen molar-refractivity contribution >= 4 is 0 Å². The van der Waals surface area contributed by atoms with Crippen molar-refractivity contribution in [3.8, 4) is 11.8 Å². The molecule has 84 valence electrons. The van der Waals surface area contributed by atoms with Crippen LogP contribution < -0.4 is 10.5 Å². The smallest absolute Gasteiger partial charge is 0.166 e. The van der Waals surface area contributed by atoms with E-state index in [4.69, 9.17) is 15.7 Å². The lowest BCUT2D eigenvalue weighted by molar-refractivity contribution is 0.328. The van der Waals surface area contributed by atoms with Crippen LogP contribution >= 0.6 is 0 Å². The molecule has 3 nitrogen and oxygen atoms in total. The molecule has 0 aliphatic heterocycles. The third-order valence-electron chi connectivity index (χ3n) is 1.89. The van der Waals surface area contributed by atoms with Gasteiger partial charge in [0.25, 0.3) is 0 Å². The summed E-state index contributed by atoms with van der Waals surface area (Å²) >= 11 is 0. The second kappa shape index (κ2) is 5.83. The molecule has 0 saturated heterocycles. The lowest BCUT2D eigenvalue weighted by Gasteiger charge is -2.07. The number of rotatable bonds is 4. The minimum atomic E-state index is -0.658. The molecule has 0 aromatic heterocycles. The summed E-state index contributed by atoms with van der Waals surface area (Å²) in [6, 6.07) is 5.58. The number of ether oxygens (including phenoxy) is 1. The Labute approximate surface area is 91.7 Å². The van der Waals surface area contributed by atoms with Gasteiger partial charge in [-0.1, -0.05) is 0 Å². The fourth-order valence-corrected chi connectivity index (χ4v) is 0.993. The minimum absolute atomic E-state index is 0.00833. The van der Waals surface area contributed by atoms with Crippen LogP contribution in [-0.2, 0) is 0 Å². The molecule has 0 aliphatic carbocycles. The van der Waals surface area contributed by atoms with Crippen molar-refractivity contribution in [2.45, 2.75) is 0 Å². The summed E-state index contributed by atoms with van der Waals surface area (Å²) < 4.78 is 30.4. The van der Waals surface area contributed by atoms with E-state index >= 15 is 0 Å². The molecule has 0 fully saturated rings. The van der Waals surface area contributed by atoms with Crippen molar-refractivity contribution in [3.05, 3.63) is 41.5 Å². The number of nitrogens with zero attached hydrogens (tertiary/aromatic N) is 1. The van der Waals surface area contributed by atoms with E-state index in [9.17, 15) is 8.78 Å². The van der Waals surface area contributed by atoms with Crippen LogP contribution in [-0.4, -0.2) is 13.2 Å². The van der Waals surface area contributed by atoms with Gasteiger partial charge in [-0.3, -0.25) is 0 Å². The van der Waals surface area contributed by atoms with Gasteiger partial charge < -0.3 is 10.5 Å². The first kappa shape index (κ1) is 12.1. The number of hydrogen-bond acceptors (Lipinski definition) is 3.